The fourth-order valence-electron chi connectivity index (χ4n) is 3.04. The molecule has 1 aromatic carbocycles. The maximum absolute atomic E-state index is 13.1. The number of fused-ring (bicyclic) bond motifs is 1. The molecule has 1 aliphatic rings. The van der Waals surface area contributed by atoms with E-state index < -0.39 is 20.0 Å². The number of rotatable bonds is 6. The second kappa shape index (κ2) is 8.66. The Morgan fingerprint density at radius 1 is 1.32 bits per heavy atom. The van der Waals surface area contributed by atoms with Crippen molar-refractivity contribution < 1.29 is 21.9 Å². The summed E-state index contributed by atoms with van der Waals surface area (Å²) in [5.74, 6) is 0. The zero-order chi connectivity index (χ0) is 19.8. The van der Waals surface area contributed by atoms with Gasteiger partial charge < -0.3 is 10.4 Å². The SMILES string of the molecule is CCN[C@H]1CN(c2ccc(CCO)cc2)S(=O)(=O)c2sc(S(N)(=O)=O)cc21.Cl. The van der Waals surface area contributed by atoms with Crippen LogP contribution in [0.25, 0.3) is 0 Å². The molecule has 2 aromatic rings. The van der Waals surface area contributed by atoms with Crippen LogP contribution in [0.2, 0.25) is 0 Å². The molecule has 0 radical (unpaired) electrons. The summed E-state index contributed by atoms with van der Waals surface area (Å²) in [6.45, 7) is 2.64. The lowest BCUT2D eigenvalue weighted by Gasteiger charge is -2.34. The van der Waals surface area contributed by atoms with Gasteiger partial charge in [0.05, 0.1) is 18.3 Å². The van der Waals surface area contributed by atoms with Crippen LogP contribution in [-0.4, -0.2) is 41.6 Å². The molecule has 8 nitrogen and oxygen atoms in total. The first-order chi connectivity index (χ1) is 12.7. The van der Waals surface area contributed by atoms with E-state index in [2.05, 4.69) is 5.32 Å². The molecule has 4 N–H and O–H groups in total. The Morgan fingerprint density at radius 3 is 2.50 bits per heavy atom. The van der Waals surface area contributed by atoms with Gasteiger partial charge in [0.15, 0.2) is 0 Å². The molecule has 0 saturated heterocycles. The highest BCUT2D eigenvalue weighted by Gasteiger charge is 2.40. The maximum atomic E-state index is 13.1. The lowest BCUT2D eigenvalue weighted by atomic mass is 10.1. The summed E-state index contributed by atoms with van der Waals surface area (Å²) in [5, 5.41) is 17.4. The van der Waals surface area contributed by atoms with Crippen molar-refractivity contribution in [3.8, 4) is 0 Å². The van der Waals surface area contributed by atoms with Crippen LogP contribution in [0.15, 0.2) is 38.8 Å². The Morgan fingerprint density at radius 2 is 1.96 bits per heavy atom. The van der Waals surface area contributed by atoms with E-state index in [1.165, 1.54) is 10.4 Å². The standard InChI is InChI=1S/C16H21N3O5S3.ClH/c1-2-18-14-10-19(12-5-3-11(4-6-12)7-8-20)27(23,24)16-13(14)9-15(25-16)26(17,21)22;/h3-6,9,14,18,20H,2,7-8,10H2,1H3,(H2,17,21,22);1H/t14-;/m0./s1. The smallest absolute Gasteiger partial charge is 0.274 e. The topological polar surface area (TPSA) is 130 Å². The van der Waals surface area contributed by atoms with Crippen LogP contribution < -0.4 is 14.8 Å². The van der Waals surface area contributed by atoms with E-state index in [1.807, 2.05) is 6.92 Å². The molecule has 12 heteroatoms. The first-order valence-corrected chi connectivity index (χ1v) is 12.1. The fraction of sp³-hybridized carbons (Fsp3) is 0.375. The predicted octanol–water partition coefficient (Wildman–Crippen LogP) is 1.21. The van der Waals surface area contributed by atoms with E-state index in [4.69, 9.17) is 10.2 Å². The summed E-state index contributed by atoms with van der Waals surface area (Å²) in [6, 6.07) is 7.90. The third kappa shape index (κ3) is 4.35. The summed E-state index contributed by atoms with van der Waals surface area (Å²) in [7, 11) is -7.90. The van der Waals surface area contributed by atoms with Crippen LogP contribution in [-0.2, 0) is 26.5 Å². The van der Waals surface area contributed by atoms with Crippen molar-refractivity contribution in [1.29, 1.82) is 0 Å². The minimum Gasteiger partial charge on any atom is -0.396 e. The Kier molecular flexibility index (Phi) is 7.13. The van der Waals surface area contributed by atoms with Crippen LogP contribution in [0.5, 0.6) is 0 Å². The number of sulfonamides is 2. The van der Waals surface area contributed by atoms with Gasteiger partial charge in [-0.25, -0.2) is 22.0 Å². The third-order valence-corrected chi connectivity index (χ3v) is 9.20. The van der Waals surface area contributed by atoms with Crippen molar-refractivity contribution >= 4 is 49.5 Å². The molecule has 0 aliphatic carbocycles. The lowest BCUT2D eigenvalue weighted by molar-refractivity contribution is 0.299. The molecule has 28 heavy (non-hydrogen) atoms. The number of aliphatic hydroxyl groups excluding tert-OH is 1. The van der Waals surface area contributed by atoms with Crippen molar-refractivity contribution in [2.45, 2.75) is 27.8 Å². The summed E-state index contributed by atoms with van der Waals surface area (Å²) >= 11 is 0.673. The van der Waals surface area contributed by atoms with Crippen molar-refractivity contribution in [3.05, 3.63) is 41.5 Å². The first-order valence-electron chi connectivity index (χ1n) is 8.31. The Bertz CT molecular complexity index is 1040. The molecule has 1 aromatic heterocycles. The van der Waals surface area contributed by atoms with Gasteiger partial charge in [0.1, 0.15) is 8.42 Å². The maximum Gasteiger partial charge on any atom is 0.274 e. The van der Waals surface area contributed by atoms with Crippen LogP contribution in [0.3, 0.4) is 0 Å². The average Bonchev–Trinajstić information content (AvgIpc) is 3.06. The quantitative estimate of drug-likeness (QED) is 0.585. The number of nitrogens with one attached hydrogen (secondary N) is 1. The molecule has 0 spiro atoms. The summed E-state index contributed by atoms with van der Waals surface area (Å²) < 4.78 is 50.8. The second-order valence-electron chi connectivity index (χ2n) is 6.14. The molecule has 0 amide bonds. The minimum atomic E-state index is -4.00. The van der Waals surface area contributed by atoms with E-state index >= 15 is 0 Å². The second-order valence-corrected chi connectivity index (χ2v) is 11.0. The highest BCUT2D eigenvalue weighted by molar-refractivity contribution is 7.96. The number of hydrogen-bond acceptors (Lipinski definition) is 7. The Balaban J connectivity index is 0.00000280. The van der Waals surface area contributed by atoms with E-state index in [-0.39, 0.29) is 40.0 Å². The van der Waals surface area contributed by atoms with E-state index in [1.54, 1.807) is 24.3 Å². The molecule has 0 saturated carbocycles. The number of primary sulfonamides is 1. The van der Waals surface area contributed by atoms with Crippen molar-refractivity contribution in [3.63, 3.8) is 0 Å². The van der Waals surface area contributed by atoms with Gasteiger partial charge in [0.25, 0.3) is 10.0 Å². The summed E-state index contributed by atoms with van der Waals surface area (Å²) in [6.07, 6.45) is 0.486. The van der Waals surface area contributed by atoms with Gasteiger partial charge in [0, 0.05) is 12.2 Å². The van der Waals surface area contributed by atoms with Crippen LogP contribution >= 0.6 is 23.7 Å². The van der Waals surface area contributed by atoms with Crippen molar-refractivity contribution in [2.75, 3.05) is 24.0 Å². The number of nitrogens with zero attached hydrogens (tertiary/aromatic N) is 1. The molecule has 156 valence electrons. The van der Waals surface area contributed by atoms with Crippen LogP contribution in [0.4, 0.5) is 5.69 Å². The predicted molar refractivity (Wildman–Crippen MR) is 111 cm³/mol. The van der Waals surface area contributed by atoms with E-state index in [9.17, 15) is 16.8 Å². The summed E-state index contributed by atoms with van der Waals surface area (Å²) in [5.41, 5.74) is 1.81. The number of halogens is 1. The van der Waals surface area contributed by atoms with Gasteiger partial charge in [0.2, 0.25) is 10.0 Å². The number of anilines is 1. The van der Waals surface area contributed by atoms with Crippen LogP contribution in [0, 0.1) is 0 Å². The highest BCUT2D eigenvalue weighted by Crippen LogP contribution is 2.41. The number of hydrogen-bond donors (Lipinski definition) is 3. The van der Waals surface area contributed by atoms with Gasteiger partial charge >= 0.3 is 0 Å². The van der Waals surface area contributed by atoms with Gasteiger partial charge in [-0.1, -0.05) is 19.1 Å². The number of thiophene rings is 1. The summed E-state index contributed by atoms with van der Waals surface area (Å²) in [4.78, 5) is 0. The number of nitrogens with two attached hydrogens (primary N) is 1. The molecule has 0 fully saturated rings. The first kappa shape index (κ1) is 23.1. The Hall–Kier alpha value is -1.21. The molecule has 1 atom stereocenters. The Labute approximate surface area is 174 Å². The van der Waals surface area contributed by atoms with E-state index in [0.717, 1.165) is 5.56 Å². The molecule has 1 aliphatic heterocycles. The van der Waals surface area contributed by atoms with Crippen molar-refractivity contribution in [1.82, 2.24) is 5.32 Å². The number of aliphatic hydroxyl groups is 1. The zero-order valence-electron chi connectivity index (χ0n) is 15.0. The zero-order valence-corrected chi connectivity index (χ0v) is 18.3. The van der Waals surface area contributed by atoms with Crippen molar-refractivity contribution in [2.24, 2.45) is 5.14 Å². The van der Waals surface area contributed by atoms with Gasteiger partial charge in [-0.2, -0.15) is 0 Å². The molecule has 0 unspecified atom stereocenters. The molecule has 2 heterocycles. The highest BCUT2D eigenvalue weighted by atomic mass is 35.5. The molecule has 3 rings (SSSR count). The average molecular weight is 468 g/mol. The van der Waals surface area contributed by atoms with Crippen LogP contribution in [0.1, 0.15) is 24.1 Å². The third-order valence-electron chi connectivity index (χ3n) is 4.31. The lowest BCUT2D eigenvalue weighted by Crippen LogP contribution is -2.43. The van der Waals surface area contributed by atoms with E-state index in [0.29, 0.717) is 35.6 Å². The molecular formula is C16H22ClN3O5S3. The van der Waals surface area contributed by atoms with Gasteiger partial charge in [-0.15, -0.1) is 23.7 Å². The normalized spacial score (nSPS) is 18.4. The number of likely N-dealkylation sites (N-methyl/N-ethyl adjacent to an activating group) is 1. The largest absolute Gasteiger partial charge is 0.396 e. The van der Waals surface area contributed by atoms with Gasteiger partial charge in [-0.05, 0) is 36.7 Å². The van der Waals surface area contributed by atoms with Gasteiger partial charge in [-0.3, -0.25) is 4.31 Å². The molecular weight excluding hydrogens is 446 g/mol. The molecule has 0 bridgehead atoms. The minimum absolute atomic E-state index is 0. The monoisotopic (exact) mass is 467 g/mol. The number of benzene rings is 1. The fourth-order valence-corrected chi connectivity index (χ4v) is 7.29.